The summed E-state index contributed by atoms with van der Waals surface area (Å²) < 4.78 is 31.9. The molecule has 18 heavy (non-hydrogen) atoms. The van der Waals surface area contributed by atoms with Crippen LogP contribution in [0.15, 0.2) is 18.2 Å². The highest BCUT2D eigenvalue weighted by atomic mass is 19.1. The molecule has 102 valence electrons. The molecule has 0 aromatic heterocycles. The predicted molar refractivity (Wildman–Crippen MR) is 68.6 cm³/mol. The van der Waals surface area contributed by atoms with Crippen LogP contribution in [0.5, 0.6) is 0 Å². The fourth-order valence-electron chi connectivity index (χ4n) is 1.90. The molecule has 0 aliphatic heterocycles. The number of likely N-dealkylation sites (N-methyl/N-ethyl adjacent to an activating group) is 1. The minimum atomic E-state index is -0.397. The lowest BCUT2D eigenvalue weighted by atomic mass is 10.0. The van der Waals surface area contributed by atoms with E-state index < -0.39 is 5.82 Å². The van der Waals surface area contributed by atoms with Crippen LogP contribution in [0.25, 0.3) is 0 Å². The van der Waals surface area contributed by atoms with Gasteiger partial charge >= 0.3 is 0 Å². The smallest absolute Gasteiger partial charge is 0.126 e. The standard InChI is InChI=1S/C14H21F2NO/c1-3-17-13(7-8-18-4-2)10-11-9-12(15)5-6-14(11)16/h5-6,9,13,17H,3-4,7-8,10H2,1-2H3. The minimum Gasteiger partial charge on any atom is -0.382 e. The van der Waals surface area contributed by atoms with Gasteiger partial charge in [0.25, 0.3) is 0 Å². The van der Waals surface area contributed by atoms with E-state index in [2.05, 4.69) is 5.32 Å². The zero-order valence-corrected chi connectivity index (χ0v) is 11.0. The van der Waals surface area contributed by atoms with E-state index in [1.165, 1.54) is 12.1 Å². The van der Waals surface area contributed by atoms with Crippen molar-refractivity contribution < 1.29 is 13.5 Å². The van der Waals surface area contributed by atoms with Gasteiger partial charge in [0.1, 0.15) is 11.6 Å². The summed E-state index contributed by atoms with van der Waals surface area (Å²) >= 11 is 0. The van der Waals surface area contributed by atoms with E-state index in [1.54, 1.807) is 0 Å². The van der Waals surface area contributed by atoms with E-state index in [-0.39, 0.29) is 11.9 Å². The molecule has 4 heteroatoms. The van der Waals surface area contributed by atoms with Crippen molar-refractivity contribution >= 4 is 0 Å². The average molecular weight is 257 g/mol. The van der Waals surface area contributed by atoms with Crippen LogP contribution in [0.1, 0.15) is 25.8 Å². The van der Waals surface area contributed by atoms with Gasteiger partial charge in [-0.2, -0.15) is 0 Å². The number of hydrogen-bond donors (Lipinski definition) is 1. The molecular weight excluding hydrogens is 236 g/mol. The summed E-state index contributed by atoms with van der Waals surface area (Å²) in [6.07, 6.45) is 1.27. The molecule has 0 aliphatic rings. The van der Waals surface area contributed by atoms with Crippen LogP contribution in [0.2, 0.25) is 0 Å². The highest BCUT2D eigenvalue weighted by Crippen LogP contribution is 2.13. The molecule has 0 bridgehead atoms. The first kappa shape index (κ1) is 15.1. The average Bonchev–Trinajstić information content (AvgIpc) is 2.34. The van der Waals surface area contributed by atoms with Gasteiger partial charge < -0.3 is 10.1 Å². The lowest BCUT2D eigenvalue weighted by Gasteiger charge is -2.18. The third kappa shape index (κ3) is 5.10. The molecule has 1 unspecified atom stereocenters. The molecule has 0 fully saturated rings. The van der Waals surface area contributed by atoms with Gasteiger partial charge in [-0.1, -0.05) is 6.92 Å². The van der Waals surface area contributed by atoms with Crippen molar-refractivity contribution in [2.75, 3.05) is 19.8 Å². The van der Waals surface area contributed by atoms with Crippen LogP contribution >= 0.6 is 0 Å². The number of benzene rings is 1. The topological polar surface area (TPSA) is 21.3 Å². The molecule has 1 N–H and O–H groups in total. The molecule has 1 atom stereocenters. The van der Waals surface area contributed by atoms with Crippen LogP contribution in [-0.2, 0) is 11.2 Å². The quantitative estimate of drug-likeness (QED) is 0.723. The Morgan fingerprint density at radius 2 is 2.06 bits per heavy atom. The molecule has 0 heterocycles. The van der Waals surface area contributed by atoms with Crippen LogP contribution in [0, 0.1) is 11.6 Å². The summed E-state index contributed by atoms with van der Waals surface area (Å²) in [5, 5.41) is 3.27. The predicted octanol–water partition coefficient (Wildman–Crippen LogP) is 2.91. The fourth-order valence-corrected chi connectivity index (χ4v) is 1.90. The van der Waals surface area contributed by atoms with Gasteiger partial charge in [-0.15, -0.1) is 0 Å². The largest absolute Gasteiger partial charge is 0.382 e. The summed E-state index contributed by atoms with van der Waals surface area (Å²) in [6.45, 7) is 6.04. The van der Waals surface area contributed by atoms with Gasteiger partial charge in [-0.05, 0) is 50.1 Å². The van der Waals surface area contributed by atoms with Crippen molar-refractivity contribution in [2.24, 2.45) is 0 Å². The second-order valence-corrected chi connectivity index (χ2v) is 4.18. The zero-order chi connectivity index (χ0) is 13.4. The van der Waals surface area contributed by atoms with E-state index >= 15 is 0 Å². The number of ether oxygens (including phenoxy) is 1. The van der Waals surface area contributed by atoms with Crippen molar-refractivity contribution in [2.45, 2.75) is 32.7 Å². The number of hydrogen-bond acceptors (Lipinski definition) is 2. The highest BCUT2D eigenvalue weighted by molar-refractivity contribution is 5.19. The lowest BCUT2D eigenvalue weighted by Crippen LogP contribution is -2.32. The van der Waals surface area contributed by atoms with Gasteiger partial charge in [0.15, 0.2) is 0 Å². The molecule has 1 aromatic carbocycles. The van der Waals surface area contributed by atoms with Crippen molar-refractivity contribution in [3.8, 4) is 0 Å². The summed E-state index contributed by atoms with van der Waals surface area (Å²) in [4.78, 5) is 0. The first-order valence-electron chi connectivity index (χ1n) is 6.42. The van der Waals surface area contributed by atoms with Crippen molar-refractivity contribution in [1.82, 2.24) is 5.32 Å². The number of rotatable bonds is 8. The molecular formula is C14H21F2NO. The van der Waals surface area contributed by atoms with E-state index in [0.29, 0.717) is 25.2 Å². The second kappa shape index (κ2) is 8.16. The van der Waals surface area contributed by atoms with Crippen LogP contribution < -0.4 is 5.32 Å². The number of halogens is 2. The van der Waals surface area contributed by atoms with E-state index in [9.17, 15) is 8.78 Å². The van der Waals surface area contributed by atoms with E-state index in [0.717, 1.165) is 19.0 Å². The normalized spacial score (nSPS) is 12.7. The summed E-state index contributed by atoms with van der Waals surface area (Å²) in [6, 6.07) is 3.69. The summed E-state index contributed by atoms with van der Waals surface area (Å²) in [5.41, 5.74) is 0.414. The molecule has 0 amide bonds. The monoisotopic (exact) mass is 257 g/mol. The van der Waals surface area contributed by atoms with Gasteiger partial charge in [-0.25, -0.2) is 8.78 Å². The summed E-state index contributed by atoms with van der Waals surface area (Å²) in [7, 11) is 0. The van der Waals surface area contributed by atoms with Gasteiger partial charge in [0, 0.05) is 19.3 Å². The molecule has 1 aromatic rings. The molecule has 0 radical (unpaired) electrons. The molecule has 1 rings (SSSR count). The second-order valence-electron chi connectivity index (χ2n) is 4.18. The Morgan fingerprint density at radius 3 is 2.72 bits per heavy atom. The van der Waals surface area contributed by atoms with Crippen molar-refractivity contribution in [3.63, 3.8) is 0 Å². The number of nitrogens with one attached hydrogen (secondary N) is 1. The van der Waals surface area contributed by atoms with Crippen molar-refractivity contribution in [1.29, 1.82) is 0 Å². The minimum absolute atomic E-state index is 0.109. The SMILES string of the molecule is CCNC(CCOCC)Cc1cc(F)ccc1F. The fraction of sp³-hybridized carbons (Fsp3) is 0.571. The molecule has 0 saturated heterocycles. The first-order chi connectivity index (χ1) is 8.67. The maximum absolute atomic E-state index is 13.5. The maximum Gasteiger partial charge on any atom is 0.126 e. The van der Waals surface area contributed by atoms with Crippen molar-refractivity contribution in [3.05, 3.63) is 35.4 Å². The Kier molecular flexibility index (Phi) is 6.83. The third-order valence-electron chi connectivity index (χ3n) is 2.78. The van der Waals surface area contributed by atoms with Crippen LogP contribution in [0.3, 0.4) is 0 Å². The molecule has 0 spiro atoms. The Morgan fingerprint density at radius 1 is 1.28 bits per heavy atom. The zero-order valence-electron chi connectivity index (χ0n) is 11.0. The Balaban J connectivity index is 2.60. The van der Waals surface area contributed by atoms with Crippen LogP contribution in [-0.4, -0.2) is 25.8 Å². The van der Waals surface area contributed by atoms with Gasteiger partial charge in [0.2, 0.25) is 0 Å². The van der Waals surface area contributed by atoms with E-state index in [1.807, 2.05) is 13.8 Å². The van der Waals surface area contributed by atoms with E-state index in [4.69, 9.17) is 4.74 Å². The Bertz CT molecular complexity index is 358. The van der Waals surface area contributed by atoms with Gasteiger partial charge in [0.05, 0.1) is 0 Å². The molecule has 2 nitrogen and oxygen atoms in total. The summed E-state index contributed by atoms with van der Waals surface area (Å²) in [5.74, 6) is -0.748. The maximum atomic E-state index is 13.5. The lowest BCUT2D eigenvalue weighted by molar-refractivity contribution is 0.136. The Labute approximate surface area is 107 Å². The first-order valence-corrected chi connectivity index (χ1v) is 6.42. The third-order valence-corrected chi connectivity index (χ3v) is 2.78. The van der Waals surface area contributed by atoms with Gasteiger partial charge in [-0.3, -0.25) is 0 Å². The molecule has 0 aliphatic carbocycles. The highest BCUT2D eigenvalue weighted by Gasteiger charge is 2.12. The Hall–Kier alpha value is -1.00. The van der Waals surface area contributed by atoms with Crippen LogP contribution in [0.4, 0.5) is 8.78 Å². The molecule has 0 saturated carbocycles.